The number of carbonyl (C=O) groups is 3. The molecule has 2 aromatic carbocycles. The van der Waals surface area contributed by atoms with Crippen LogP contribution in [-0.4, -0.2) is 46.2 Å². The minimum atomic E-state index is -1.03. The maximum atomic E-state index is 13.7. The number of imidazole rings is 1. The first-order valence-corrected chi connectivity index (χ1v) is 15.3. The van der Waals surface area contributed by atoms with Crippen LogP contribution >= 0.6 is 8.69 Å². The van der Waals surface area contributed by atoms with E-state index in [4.69, 9.17) is 9.26 Å². The van der Waals surface area contributed by atoms with Gasteiger partial charge in [0.15, 0.2) is 0 Å². The van der Waals surface area contributed by atoms with Crippen LogP contribution in [0.4, 0.5) is 4.79 Å². The number of rotatable bonds is 15. The number of nitrogens with zero attached hydrogens (tertiary/aromatic N) is 1. The minimum absolute atomic E-state index is 0.0403. The normalized spacial score (nSPS) is 15.6. The van der Waals surface area contributed by atoms with E-state index >= 15 is 0 Å². The molecule has 4 rings (SSSR count). The van der Waals surface area contributed by atoms with E-state index in [1.807, 2.05) is 60.7 Å². The lowest BCUT2D eigenvalue weighted by Gasteiger charge is -2.27. The Hall–Kier alpha value is -4.08. The highest BCUT2D eigenvalue weighted by molar-refractivity contribution is 7.17. The van der Waals surface area contributed by atoms with Crippen LogP contribution < -0.4 is 16.0 Å². The van der Waals surface area contributed by atoms with Gasteiger partial charge >= 0.3 is 14.8 Å². The first-order valence-electron chi connectivity index (χ1n) is 14.6. The molecule has 0 bridgehead atoms. The van der Waals surface area contributed by atoms with Gasteiger partial charge in [-0.25, -0.2) is 14.3 Å². The Bertz CT molecular complexity index is 1290. The van der Waals surface area contributed by atoms with Gasteiger partial charge in [-0.3, -0.25) is 14.1 Å². The van der Waals surface area contributed by atoms with Crippen molar-refractivity contribution in [1.29, 1.82) is 0 Å². The van der Waals surface area contributed by atoms with Crippen LogP contribution in [0.2, 0.25) is 0 Å². The number of ether oxygens (including phenoxy) is 1. The Kier molecular flexibility index (Phi) is 12.7. The van der Waals surface area contributed by atoms with E-state index in [9.17, 15) is 18.9 Å². The topological polar surface area (TPSA) is 152 Å². The lowest BCUT2D eigenvalue weighted by Crippen LogP contribution is -2.56. The van der Waals surface area contributed by atoms with Crippen molar-refractivity contribution >= 4 is 26.6 Å². The van der Waals surface area contributed by atoms with Crippen LogP contribution in [0.3, 0.4) is 0 Å². The predicted octanol–water partition coefficient (Wildman–Crippen LogP) is 4.61. The number of amides is 3. The van der Waals surface area contributed by atoms with Crippen LogP contribution in [0.5, 0.6) is 0 Å². The Morgan fingerprint density at radius 2 is 1.51 bits per heavy atom. The second kappa shape index (κ2) is 17.1. The Morgan fingerprint density at radius 1 is 0.860 bits per heavy atom. The maximum absolute atomic E-state index is 13.7. The van der Waals surface area contributed by atoms with E-state index in [0.29, 0.717) is 18.0 Å². The third kappa shape index (κ3) is 10.9. The fourth-order valence-electron chi connectivity index (χ4n) is 5.23. The van der Waals surface area contributed by atoms with Crippen molar-refractivity contribution in [1.82, 2.24) is 25.9 Å². The highest BCUT2D eigenvalue weighted by atomic mass is 31.1. The van der Waals surface area contributed by atoms with Crippen molar-refractivity contribution < 1.29 is 28.2 Å². The summed E-state index contributed by atoms with van der Waals surface area (Å²) < 4.78 is 22.0. The van der Waals surface area contributed by atoms with Crippen LogP contribution in [0.15, 0.2) is 73.2 Å². The van der Waals surface area contributed by atoms with Gasteiger partial charge in [-0.1, -0.05) is 92.8 Å². The van der Waals surface area contributed by atoms with Gasteiger partial charge in [0.05, 0.1) is 6.33 Å². The molecule has 0 aliphatic heterocycles. The number of nitrogens with one attached hydrogen (secondary N) is 4. The zero-order valence-electron chi connectivity index (χ0n) is 23.9. The summed E-state index contributed by atoms with van der Waals surface area (Å²) in [5.41, 5.74) is 2.25. The van der Waals surface area contributed by atoms with Gasteiger partial charge in [-0.15, -0.1) is 0 Å². The third-order valence-corrected chi connectivity index (χ3v) is 7.80. The van der Waals surface area contributed by atoms with E-state index in [1.165, 1.54) is 12.7 Å². The molecule has 1 heterocycles. The van der Waals surface area contributed by atoms with E-state index in [-0.39, 0.29) is 19.4 Å². The molecule has 3 atom stereocenters. The fraction of sp³-hybridized carbons (Fsp3) is 0.419. The van der Waals surface area contributed by atoms with Crippen LogP contribution in [0, 0.1) is 5.92 Å². The molecule has 4 N–H and O–H groups in total. The third-order valence-electron chi connectivity index (χ3n) is 7.46. The molecule has 12 heteroatoms. The lowest BCUT2D eigenvalue weighted by atomic mass is 9.86. The molecule has 1 aliphatic carbocycles. The number of aromatic amines is 1. The molecule has 0 spiro atoms. The summed E-state index contributed by atoms with van der Waals surface area (Å²) in [6, 6.07) is 16.4. The second-order valence-electron chi connectivity index (χ2n) is 10.7. The molecule has 0 radical (unpaired) electrons. The first kappa shape index (κ1) is 31.8. The van der Waals surface area contributed by atoms with Crippen molar-refractivity contribution in [2.75, 3.05) is 0 Å². The molecule has 43 heavy (non-hydrogen) atoms. The van der Waals surface area contributed by atoms with E-state index in [2.05, 4.69) is 25.9 Å². The van der Waals surface area contributed by atoms with Gasteiger partial charge in [0.2, 0.25) is 11.8 Å². The number of hydrogen-bond acceptors (Lipinski definition) is 7. The molecule has 1 aromatic heterocycles. The first-order chi connectivity index (χ1) is 21.0. The van der Waals surface area contributed by atoms with Gasteiger partial charge < -0.3 is 25.7 Å². The molecule has 11 nitrogen and oxygen atoms in total. The van der Waals surface area contributed by atoms with E-state index in [0.717, 1.165) is 36.8 Å². The molecule has 228 valence electrons. The fourth-order valence-corrected chi connectivity index (χ4v) is 5.47. The molecule has 1 saturated carbocycles. The van der Waals surface area contributed by atoms with Crippen LogP contribution in [0.1, 0.15) is 55.3 Å². The van der Waals surface area contributed by atoms with Crippen LogP contribution in [0.25, 0.3) is 0 Å². The minimum Gasteiger partial charge on any atom is -0.445 e. The zero-order valence-corrected chi connectivity index (χ0v) is 24.8. The summed E-state index contributed by atoms with van der Waals surface area (Å²) in [5, 5.41) is 8.28. The summed E-state index contributed by atoms with van der Waals surface area (Å²) in [7, 11) is -0.540. The van der Waals surface area contributed by atoms with Gasteiger partial charge in [0.1, 0.15) is 24.9 Å². The van der Waals surface area contributed by atoms with Gasteiger partial charge in [0, 0.05) is 24.7 Å². The number of carbonyl (C=O) groups excluding carboxylic acids is 3. The molecule has 3 amide bonds. The summed E-state index contributed by atoms with van der Waals surface area (Å²) >= 11 is 0. The van der Waals surface area contributed by atoms with Crippen molar-refractivity contribution in [2.24, 2.45) is 5.92 Å². The zero-order chi connectivity index (χ0) is 30.3. The largest absolute Gasteiger partial charge is 0.445 e. The number of hydrogen-bond donors (Lipinski definition) is 4. The van der Waals surface area contributed by atoms with E-state index in [1.54, 1.807) is 6.20 Å². The average Bonchev–Trinajstić information content (AvgIpc) is 3.54. The van der Waals surface area contributed by atoms with Crippen molar-refractivity contribution in [3.8, 4) is 0 Å². The van der Waals surface area contributed by atoms with Gasteiger partial charge in [-0.05, 0) is 23.5 Å². The van der Waals surface area contributed by atoms with Crippen LogP contribution in [-0.2, 0) is 42.9 Å². The summed E-state index contributed by atoms with van der Waals surface area (Å²) in [6.45, 7) is 0.0403. The molecule has 3 aromatic rings. The number of benzene rings is 2. The van der Waals surface area contributed by atoms with Crippen molar-refractivity contribution in [2.45, 2.75) is 76.3 Å². The average molecular weight is 608 g/mol. The summed E-state index contributed by atoms with van der Waals surface area (Å²) in [6.07, 6.45) is 7.78. The molecule has 1 fully saturated rings. The van der Waals surface area contributed by atoms with Crippen molar-refractivity contribution in [3.05, 3.63) is 90.0 Å². The molecule has 0 saturated heterocycles. The number of alkyl carbamates (subject to hydrolysis) is 1. The highest BCUT2D eigenvalue weighted by Gasteiger charge is 2.30. The van der Waals surface area contributed by atoms with Gasteiger partial charge in [-0.2, -0.15) is 0 Å². The monoisotopic (exact) mass is 607 g/mol. The summed E-state index contributed by atoms with van der Waals surface area (Å²) in [4.78, 5) is 46.9. The quantitative estimate of drug-likeness (QED) is 0.145. The molecular weight excluding hydrogens is 569 g/mol. The molecule has 1 aliphatic rings. The SMILES string of the molecule is O=POC(CC1CCCCC1)NC(=O)[C@H](Cc1cnc[nH]1)NC(=O)[C@H](Cc1ccccc1)NC(=O)OCc1ccccc1. The Labute approximate surface area is 252 Å². The molecule has 1 unspecified atom stereocenters. The Morgan fingerprint density at radius 3 is 2.16 bits per heavy atom. The smallest absolute Gasteiger partial charge is 0.408 e. The standard InChI is InChI=1S/C31H38N5O6P/c37-29(26(16-22-10-4-1-5-11-22)35-31(39)41-20-24-14-8-3-9-15-24)34-27(18-25-19-32-21-33-25)30(38)36-28(42-43-40)17-23-12-6-2-7-13-23/h1,3-5,8-11,14-15,19,21,23,26-28H,2,6-7,12-13,16-18,20H2,(H,32,33)(H,34,37)(H,35,39)(H,36,38)/t26-,27-,28?/m0/s1. The lowest BCUT2D eigenvalue weighted by molar-refractivity contribution is -0.131. The molecular formula is C31H38N5O6P. The van der Waals surface area contributed by atoms with Crippen molar-refractivity contribution in [3.63, 3.8) is 0 Å². The summed E-state index contributed by atoms with van der Waals surface area (Å²) in [5.74, 6) is -0.716. The second-order valence-corrected chi connectivity index (χ2v) is 11.1. The van der Waals surface area contributed by atoms with E-state index < -0.39 is 44.9 Å². The highest BCUT2D eigenvalue weighted by Crippen LogP contribution is 2.28. The number of H-pyrrole nitrogens is 1. The maximum Gasteiger partial charge on any atom is 0.408 e. The Balaban J connectivity index is 1.46. The predicted molar refractivity (Wildman–Crippen MR) is 160 cm³/mol. The van der Waals surface area contributed by atoms with Gasteiger partial charge in [0.25, 0.3) is 0 Å². The number of aromatic nitrogens is 2.